The van der Waals surface area contributed by atoms with Gasteiger partial charge in [-0.2, -0.15) is 0 Å². The summed E-state index contributed by atoms with van der Waals surface area (Å²) in [5.74, 6) is 8.80. The van der Waals surface area contributed by atoms with Crippen molar-refractivity contribution in [1.82, 2.24) is 14.9 Å². The van der Waals surface area contributed by atoms with Gasteiger partial charge in [0.25, 0.3) is 0 Å². The fourth-order valence-corrected chi connectivity index (χ4v) is 4.39. The molecule has 2 aromatic heterocycles. The van der Waals surface area contributed by atoms with Crippen molar-refractivity contribution < 1.29 is 13.9 Å². The van der Waals surface area contributed by atoms with Crippen molar-refractivity contribution in [3.8, 4) is 11.4 Å². The van der Waals surface area contributed by atoms with Crippen LogP contribution in [-0.2, 0) is 9.53 Å². The van der Waals surface area contributed by atoms with E-state index in [4.69, 9.17) is 15.0 Å². The van der Waals surface area contributed by atoms with Gasteiger partial charge in [-0.15, -0.1) is 10.2 Å². The van der Waals surface area contributed by atoms with Crippen molar-refractivity contribution in [3.63, 3.8) is 0 Å². The highest BCUT2D eigenvalue weighted by molar-refractivity contribution is 7.99. The normalized spacial score (nSPS) is 22.9. The number of rotatable bonds is 6. The zero-order valence-corrected chi connectivity index (χ0v) is 17.2. The Hall–Kier alpha value is -1.96. The Labute approximate surface area is 164 Å². The van der Waals surface area contributed by atoms with Crippen molar-refractivity contribution >= 4 is 17.7 Å². The van der Waals surface area contributed by atoms with Gasteiger partial charge in [-0.3, -0.25) is 4.79 Å². The van der Waals surface area contributed by atoms with E-state index >= 15 is 0 Å². The van der Waals surface area contributed by atoms with E-state index < -0.39 is 0 Å². The maximum atomic E-state index is 12.4. The number of carbonyl (C=O) groups excluding carboxylic acids is 1. The Balaban J connectivity index is 1.59. The first-order valence-electron chi connectivity index (χ1n) is 9.44. The molecular formula is C19H28N4O3S. The lowest BCUT2D eigenvalue weighted by Gasteiger charge is -2.36. The lowest BCUT2D eigenvalue weighted by Crippen LogP contribution is -2.36. The first-order valence-corrected chi connectivity index (χ1v) is 10.4. The molecule has 3 atom stereocenters. The molecule has 0 spiro atoms. The zero-order valence-electron chi connectivity index (χ0n) is 16.3. The molecule has 27 heavy (non-hydrogen) atoms. The summed E-state index contributed by atoms with van der Waals surface area (Å²) in [6.07, 6.45) is 4.85. The summed E-state index contributed by atoms with van der Waals surface area (Å²) in [6.45, 7) is 8.46. The van der Waals surface area contributed by atoms with Crippen molar-refractivity contribution in [3.05, 3.63) is 18.1 Å². The molecule has 0 aliphatic heterocycles. The van der Waals surface area contributed by atoms with Crippen LogP contribution in [0.4, 0.5) is 0 Å². The molecule has 0 aromatic carbocycles. The number of furan rings is 1. The Bertz CT molecular complexity index is 786. The van der Waals surface area contributed by atoms with Crippen LogP contribution in [0.1, 0.15) is 45.8 Å². The largest absolute Gasteiger partial charge is 0.469 e. The number of nitrogens with zero attached hydrogens (tertiary/aromatic N) is 3. The van der Waals surface area contributed by atoms with Crippen LogP contribution >= 0.6 is 11.8 Å². The number of esters is 1. The first kappa shape index (κ1) is 19.8. The van der Waals surface area contributed by atoms with E-state index in [0.29, 0.717) is 28.7 Å². The summed E-state index contributed by atoms with van der Waals surface area (Å²) < 4.78 is 12.5. The number of hydrogen-bond acceptors (Lipinski definition) is 7. The predicted octanol–water partition coefficient (Wildman–Crippen LogP) is 3.66. The number of nitrogen functional groups attached to an aromatic ring is 1. The molecule has 1 saturated carbocycles. The molecule has 2 aromatic rings. The fraction of sp³-hybridized carbons (Fsp3) is 0.632. The minimum Gasteiger partial charge on any atom is -0.469 e. The smallest absolute Gasteiger partial charge is 0.316 e. The molecule has 8 heteroatoms. The lowest BCUT2D eigenvalue weighted by molar-refractivity contribution is -0.152. The second-order valence-corrected chi connectivity index (χ2v) is 8.65. The molecule has 1 fully saturated rings. The second-order valence-electron chi connectivity index (χ2n) is 7.71. The summed E-state index contributed by atoms with van der Waals surface area (Å²) in [5.41, 5.74) is 0.787. The van der Waals surface area contributed by atoms with Gasteiger partial charge in [-0.1, -0.05) is 39.0 Å². The zero-order chi connectivity index (χ0) is 19.6. The van der Waals surface area contributed by atoms with E-state index in [-0.39, 0.29) is 17.8 Å². The number of nitrogens with two attached hydrogens (primary N) is 1. The third kappa shape index (κ3) is 4.48. The van der Waals surface area contributed by atoms with Gasteiger partial charge in [-0.25, -0.2) is 4.68 Å². The maximum Gasteiger partial charge on any atom is 0.316 e. The van der Waals surface area contributed by atoms with E-state index in [1.807, 2.05) is 6.92 Å². The molecule has 0 radical (unpaired) electrons. The number of thioether (sulfide) groups is 1. The predicted molar refractivity (Wildman–Crippen MR) is 105 cm³/mol. The molecule has 148 valence electrons. The van der Waals surface area contributed by atoms with Gasteiger partial charge in [0.1, 0.15) is 11.9 Å². The summed E-state index contributed by atoms with van der Waals surface area (Å²) in [4.78, 5) is 12.4. The van der Waals surface area contributed by atoms with Crippen LogP contribution in [-0.4, -0.2) is 32.7 Å². The minimum atomic E-state index is -0.228. The molecule has 0 saturated heterocycles. The summed E-state index contributed by atoms with van der Waals surface area (Å²) in [7, 11) is 0. The van der Waals surface area contributed by atoms with Gasteiger partial charge < -0.3 is 15.0 Å². The van der Waals surface area contributed by atoms with E-state index in [9.17, 15) is 4.79 Å². The number of ether oxygens (including phenoxy) is 1. The molecular weight excluding hydrogens is 364 g/mol. The molecule has 3 unspecified atom stereocenters. The van der Waals surface area contributed by atoms with Crippen LogP contribution in [0.25, 0.3) is 11.4 Å². The van der Waals surface area contributed by atoms with Gasteiger partial charge in [0, 0.05) is 0 Å². The number of aromatic nitrogens is 3. The standard InChI is InChI=1S/C19H28N4O3S/c1-11(2)14-6-5-12(3)9-16(14)26-17(24)10-27-19-22-21-18(23(19)20)15-7-8-25-13(15)4/h7-8,11-12,14,16H,5-6,9-10,20H2,1-4H3. The summed E-state index contributed by atoms with van der Waals surface area (Å²) >= 11 is 1.24. The van der Waals surface area contributed by atoms with Gasteiger partial charge >= 0.3 is 5.97 Å². The van der Waals surface area contributed by atoms with Crippen molar-refractivity contribution in [2.75, 3.05) is 11.6 Å². The molecule has 3 rings (SSSR count). The van der Waals surface area contributed by atoms with Crippen molar-refractivity contribution in [2.24, 2.45) is 17.8 Å². The third-order valence-electron chi connectivity index (χ3n) is 5.33. The van der Waals surface area contributed by atoms with Gasteiger partial charge in [-0.05, 0) is 43.6 Å². The van der Waals surface area contributed by atoms with Crippen LogP contribution in [0, 0.1) is 24.7 Å². The van der Waals surface area contributed by atoms with Gasteiger partial charge in [0.15, 0.2) is 5.82 Å². The molecule has 0 bridgehead atoms. The Kier molecular flexibility index (Phi) is 6.14. The fourth-order valence-electron chi connectivity index (χ4n) is 3.75. The van der Waals surface area contributed by atoms with Gasteiger partial charge in [0.2, 0.25) is 5.16 Å². The SMILES string of the molecule is Cc1occc1-c1nnc(SCC(=O)OC2CC(C)CCC2C(C)C)n1N. The molecule has 7 nitrogen and oxygen atoms in total. The van der Waals surface area contributed by atoms with Crippen LogP contribution in [0.3, 0.4) is 0 Å². The quantitative estimate of drug-likeness (QED) is 0.455. The maximum absolute atomic E-state index is 12.4. The van der Waals surface area contributed by atoms with Crippen LogP contribution < -0.4 is 5.84 Å². The van der Waals surface area contributed by atoms with Crippen LogP contribution in [0.5, 0.6) is 0 Å². The molecule has 0 amide bonds. The van der Waals surface area contributed by atoms with Crippen molar-refractivity contribution in [1.29, 1.82) is 0 Å². The number of aryl methyl sites for hydroxylation is 1. The van der Waals surface area contributed by atoms with Crippen molar-refractivity contribution in [2.45, 2.75) is 58.2 Å². The molecule has 2 N–H and O–H groups in total. The number of hydrogen-bond donors (Lipinski definition) is 1. The third-order valence-corrected chi connectivity index (χ3v) is 6.24. The first-order chi connectivity index (χ1) is 12.9. The Morgan fingerprint density at radius 1 is 1.44 bits per heavy atom. The van der Waals surface area contributed by atoms with Crippen LogP contribution in [0.2, 0.25) is 0 Å². The van der Waals surface area contributed by atoms with E-state index in [2.05, 4.69) is 31.0 Å². The van der Waals surface area contributed by atoms with Gasteiger partial charge in [0.05, 0.1) is 17.6 Å². The Morgan fingerprint density at radius 3 is 2.89 bits per heavy atom. The molecule has 1 aliphatic carbocycles. The molecule has 1 aliphatic rings. The Morgan fingerprint density at radius 2 is 2.22 bits per heavy atom. The summed E-state index contributed by atoms with van der Waals surface area (Å²) in [5, 5.41) is 8.67. The highest BCUT2D eigenvalue weighted by Gasteiger charge is 2.33. The van der Waals surface area contributed by atoms with E-state index in [1.54, 1.807) is 12.3 Å². The topological polar surface area (TPSA) is 96.2 Å². The van der Waals surface area contributed by atoms with E-state index in [0.717, 1.165) is 24.2 Å². The highest BCUT2D eigenvalue weighted by atomic mass is 32.2. The second kappa shape index (κ2) is 8.37. The highest BCUT2D eigenvalue weighted by Crippen LogP contribution is 2.35. The van der Waals surface area contributed by atoms with E-state index in [1.165, 1.54) is 22.9 Å². The molecule has 2 heterocycles. The van der Waals surface area contributed by atoms with Crippen LogP contribution in [0.15, 0.2) is 21.9 Å². The average molecular weight is 393 g/mol. The number of carbonyl (C=O) groups is 1. The average Bonchev–Trinajstić information content (AvgIpc) is 3.18. The lowest BCUT2D eigenvalue weighted by atomic mass is 9.75. The minimum absolute atomic E-state index is 0.00161. The monoisotopic (exact) mass is 392 g/mol. The summed E-state index contributed by atoms with van der Waals surface area (Å²) in [6, 6.07) is 1.79.